The Labute approximate surface area is 173 Å². The molecule has 2 nitrogen and oxygen atoms in total. The molecule has 2 unspecified atom stereocenters. The highest BCUT2D eigenvalue weighted by molar-refractivity contribution is 5.65. The van der Waals surface area contributed by atoms with Crippen LogP contribution in [0.25, 0.3) is 11.1 Å². The van der Waals surface area contributed by atoms with Gasteiger partial charge in [0.05, 0.1) is 0 Å². The van der Waals surface area contributed by atoms with Gasteiger partial charge in [0.1, 0.15) is 23.4 Å². The summed E-state index contributed by atoms with van der Waals surface area (Å²) in [6.07, 6.45) is 6.60. The van der Waals surface area contributed by atoms with E-state index in [0.717, 1.165) is 28.4 Å². The van der Waals surface area contributed by atoms with Gasteiger partial charge in [-0.2, -0.15) is 0 Å². The van der Waals surface area contributed by atoms with E-state index >= 15 is 0 Å². The summed E-state index contributed by atoms with van der Waals surface area (Å²) < 4.78 is 12.1. The van der Waals surface area contributed by atoms with E-state index in [2.05, 4.69) is 75.4 Å². The molecule has 0 N–H and O–H groups in total. The first-order valence-electron chi connectivity index (χ1n) is 10.1. The van der Waals surface area contributed by atoms with Crippen LogP contribution in [-0.2, 0) is 0 Å². The van der Waals surface area contributed by atoms with Gasteiger partial charge in [0.15, 0.2) is 0 Å². The molecular weight excluding hydrogens is 356 g/mol. The Kier molecular flexibility index (Phi) is 5.53. The lowest BCUT2D eigenvalue weighted by atomic mass is 9.96. The lowest BCUT2D eigenvalue weighted by Crippen LogP contribution is -2.23. The fourth-order valence-electron chi connectivity index (χ4n) is 3.47. The minimum atomic E-state index is 0.0859. The van der Waals surface area contributed by atoms with Crippen molar-refractivity contribution in [2.45, 2.75) is 26.9 Å². The number of rotatable bonds is 5. The average Bonchev–Trinajstić information content (AvgIpc) is 2.73. The molecule has 29 heavy (non-hydrogen) atoms. The average molecular weight is 383 g/mol. The molecule has 2 heteroatoms. The van der Waals surface area contributed by atoms with E-state index in [9.17, 15) is 0 Å². The summed E-state index contributed by atoms with van der Waals surface area (Å²) in [7, 11) is 0. The third kappa shape index (κ3) is 4.78. The summed E-state index contributed by atoms with van der Waals surface area (Å²) in [6.45, 7) is 6.38. The lowest BCUT2D eigenvalue weighted by molar-refractivity contribution is 0.209. The van der Waals surface area contributed by atoms with Gasteiger partial charge < -0.3 is 9.47 Å². The van der Waals surface area contributed by atoms with E-state index in [4.69, 9.17) is 9.47 Å². The quantitative estimate of drug-likeness (QED) is 0.459. The second-order valence-electron chi connectivity index (χ2n) is 7.68. The maximum absolute atomic E-state index is 6.15. The zero-order chi connectivity index (χ0) is 20.2. The van der Waals surface area contributed by atoms with Crippen LogP contribution < -0.4 is 9.47 Å². The molecule has 0 spiro atoms. The van der Waals surface area contributed by atoms with Gasteiger partial charge in [-0.25, -0.2) is 0 Å². The van der Waals surface area contributed by atoms with Crippen molar-refractivity contribution in [1.82, 2.24) is 0 Å². The molecule has 0 heterocycles. The third-order valence-electron chi connectivity index (χ3n) is 5.16. The summed E-state index contributed by atoms with van der Waals surface area (Å²) in [4.78, 5) is 0. The van der Waals surface area contributed by atoms with E-state index in [0.29, 0.717) is 5.92 Å². The molecule has 0 aromatic heterocycles. The summed E-state index contributed by atoms with van der Waals surface area (Å²) >= 11 is 0. The second kappa shape index (κ2) is 8.40. The van der Waals surface area contributed by atoms with Crippen molar-refractivity contribution < 1.29 is 9.47 Å². The Morgan fingerprint density at radius 1 is 0.655 bits per heavy atom. The van der Waals surface area contributed by atoms with Crippen LogP contribution in [0.5, 0.6) is 17.2 Å². The minimum Gasteiger partial charge on any atom is -0.486 e. The molecule has 0 radical (unpaired) electrons. The molecule has 0 amide bonds. The number of ether oxygens (including phenoxy) is 2. The van der Waals surface area contributed by atoms with E-state index in [1.807, 2.05) is 36.4 Å². The highest BCUT2D eigenvalue weighted by Crippen LogP contribution is 2.28. The molecule has 146 valence electrons. The van der Waals surface area contributed by atoms with Gasteiger partial charge in [-0.1, -0.05) is 66.6 Å². The van der Waals surface area contributed by atoms with Crippen molar-refractivity contribution >= 4 is 0 Å². The standard InChI is InChI=1S/C27H26O2/c1-19-4-11-24(12-5-19)28-25-13-7-22(8-14-25)23-9-15-26(16-10-23)29-27-17-6-20(2)18-21(27)3/h4-18,21,27H,1-3H3. The fourth-order valence-corrected chi connectivity index (χ4v) is 3.47. The number of hydrogen-bond donors (Lipinski definition) is 0. The van der Waals surface area contributed by atoms with Crippen LogP contribution in [0.4, 0.5) is 0 Å². The number of allylic oxidation sites excluding steroid dienone is 2. The molecule has 3 aromatic carbocycles. The minimum absolute atomic E-state index is 0.0859. The lowest BCUT2D eigenvalue weighted by Gasteiger charge is -2.23. The number of aryl methyl sites for hydroxylation is 1. The van der Waals surface area contributed by atoms with Crippen LogP contribution in [-0.4, -0.2) is 6.10 Å². The van der Waals surface area contributed by atoms with E-state index in [1.165, 1.54) is 11.1 Å². The van der Waals surface area contributed by atoms with Gasteiger partial charge in [-0.3, -0.25) is 0 Å². The summed E-state index contributed by atoms with van der Waals surface area (Å²) in [6, 6.07) is 24.5. The molecule has 0 fully saturated rings. The Morgan fingerprint density at radius 3 is 1.72 bits per heavy atom. The van der Waals surface area contributed by atoms with Gasteiger partial charge in [-0.15, -0.1) is 0 Å². The van der Waals surface area contributed by atoms with Crippen LogP contribution in [0.2, 0.25) is 0 Å². The Balaban J connectivity index is 1.41. The normalized spacial score (nSPS) is 18.2. The molecule has 0 saturated heterocycles. The molecule has 2 atom stereocenters. The van der Waals surface area contributed by atoms with Gasteiger partial charge in [0.2, 0.25) is 0 Å². The summed E-state index contributed by atoms with van der Waals surface area (Å²) in [5.74, 6) is 2.95. The predicted octanol–water partition coefficient (Wildman–Crippen LogP) is 7.35. The Hall–Kier alpha value is -3.26. The first-order chi connectivity index (χ1) is 14.1. The van der Waals surface area contributed by atoms with Crippen molar-refractivity contribution in [3.63, 3.8) is 0 Å². The molecule has 1 aliphatic rings. The SMILES string of the molecule is CC1=CC(C)C(Oc2ccc(-c3ccc(Oc4ccc(C)cc4)cc3)cc2)C=C1. The molecule has 0 saturated carbocycles. The highest BCUT2D eigenvalue weighted by Gasteiger charge is 2.17. The first kappa shape index (κ1) is 19.1. The Bertz CT molecular complexity index is 1010. The van der Waals surface area contributed by atoms with Gasteiger partial charge in [-0.05, 0) is 67.4 Å². The smallest absolute Gasteiger partial charge is 0.127 e. The van der Waals surface area contributed by atoms with E-state index in [-0.39, 0.29) is 6.10 Å². The maximum atomic E-state index is 6.15. The molecule has 1 aliphatic carbocycles. The maximum Gasteiger partial charge on any atom is 0.127 e. The summed E-state index contributed by atoms with van der Waals surface area (Å²) in [5, 5.41) is 0. The second-order valence-corrected chi connectivity index (χ2v) is 7.68. The van der Waals surface area contributed by atoms with Crippen molar-refractivity contribution in [2.24, 2.45) is 5.92 Å². The van der Waals surface area contributed by atoms with E-state index < -0.39 is 0 Å². The van der Waals surface area contributed by atoms with Crippen LogP contribution in [0.3, 0.4) is 0 Å². The van der Waals surface area contributed by atoms with Crippen LogP contribution >= 0.6 is 0 Å². The van der Waals surface area contributed by atoms with E-state index in [1.54, 1.807) is 0 Å². The van der Waals surface area contributed by atoms with Crippen LogP contribution in [0.1, 0.15) is 19.4 Å². The molecule has 0 aliphatic heterocycles. The molecule has 4 rings (SSSR count). The molecule has 0 bridgehead atoms. The van der Waals surface area contributed by atoms with Crippen LogP contribution in [0, 0.1) is 12.8 Å². The Morgan fingerprint density at radius 2 is 1.17 bits per heavy atom. The zero-order valence-electron chi connectivity index (χ0n) is 17.1. The van der Waals surface area contributed by atoms with Crippen LogP contribution in [0.15, 0.2) is 96.6 Å². The topological polar surface area (TPSA) is 18.5 Å². The van der Waals surface area contributed by atoms with Crippen molar-refractivity contribution in [3.05, 3.63) is 102 Å². The highest BCUT2D eigenvalue weighted by atomic mass is 16.5. The first-order valence-corrected chi connectivity index (χ1v) is 10.1. The summed E-state index contributed by atoms with van der Waals surface area (Å²) in [5.41, 5.74) is 4.82. The zero-order valence-corrected chi connectivity index (χ0v) is 17.1. The van der Waals surface area contributed by atoms with Gasteiger partial charge in [0.25, 0.3) is 0 Å². The number of benzene rings is 3. The fraction of sp³-hybridized carbons (Fsp3) is 0.185. The number of hydrogen-bond acceptors (Lipinski definition) is 2. The molecular formula is C27H26O2. The van der Waals surface area contributed by atoms with Gasteiger partial charge in [0, 0.05) is 5.92 Å². The van der Waals surface area contributed by atoms with Crippen molar-refractivity contribution in [2.75, 3.05) is 0 Å². The molecule has 3 aromatic rings. The monoisotopic (exact) mass is 382 g/mol. The van der Waals surface area contributed by atoms with Gasteiger partial charge >= 0.3 is 0 Å². The third-order valence-corrected chi connectivity index (χ3v) is 5.16. The van der Waals surface area contributed by atoms with Crippen molar-refractivity contribution in [3.8, 4) is 28.4 Å². The van der Waals surface area contributed by atoms with Crippen molar-refractivity contribution in [1.29, 1.82) is 0 Å². The predicted molar refractivity (Wildman–Crippen MR) is 120 cm³/mol. The largest absolute Gasteiger partial charge is 0.486 e.